The second kappa shape index (κ2) is 4.81. The van der Waals surface area contributed by atoms with Gasteiger partial charge in [-0.3, -0.25) is 0 Å². The predicted octanol–water partition coefficient (Wildman–Crippen LogP) is 1.39. The second-order valence-electron chi connectivity index (χ2n) is 3.26. The predicted molar refractivity (Wildman–Crippen MR) is 58.0 cm³/mol. The zero-order valence-corrected chi connectivity index (χ0v) is 8.66. The molecule has 1 rings (SSSR count). The molecule has 0 saturated carbocycles. The highest BCUT2D eigenvalue weighted by Crippen LogP contribution is 2.27. The summed E-state index contributed by atoms with van der Waals surface area (Å²) in [5, 5.41) is 0. The Morgan fingerprint density at radius 2 is 2.21 bits per heavy atom. The van der Waals surface area contributed by atoms with E-state index in [9.17, 15) is 0 Å². The molecule has 0 aliphatic rings. The SMILES string of the molecule is CCC(COC)c1ccnc(N)c1N. The Morgan fingerprint density at radius 1 is 1.50 bits per heavy atom. The lowest BCUT2D eigenvalue weighted by Gasteiger charge is -2.16. The highest BCUT2D eigenvalue weighted by molar-refractivity contribution is 5.63. The van der Waals surface area contributed by atoms with E-state index < -0.39 is 0 Å². The zero-order chi connectivity index (χ0) is 10.6. The number of rotatable bonds is 4. The van der Waals surface area contributed by atoms with E-state index in [-0.39, 0.29) is 0 Å². The van der Waals surface area contributed by atoms with Gasteiger partial charge in [0.2, 0.25) is 0 Å². The summed E-state index contributed by atoms with van der Waals surface area (Å²) in [5.74, 6) is 0.697. The van der Waals surface area contributed by atoms with Crippen molar-refractivity contribution in [3.8, 4) is 0 Å². The molecule has 4 nitrogen and oxygen atoms in total. The third-order valence-corrected chi connectivity index (χ3v) is 2.36. The van der Waals surface area contributed by atoms with E-state index in [0.717, 1.165) is 12.0 Å². The number of aromatic nitrogens is 1. The van der Waals surface area contributed by atoms with Crippen molar-refractivity contribution in [2.45, 2.75) is 19.3 Å². The number of methoxy groups -OCH3 is 1. The van der Waals surface area contributed by atoms with Crippen LogP contribution in [0.2, 0.25) is 0 Å². The first-order valence-corrected chi connectivity index (χ1v) is 4.69. The molecule has 0 spiro atoms. The van der Waals surface area contributed by atoms with E-state index >= 15 is 0 Å². The van der Waals surface area contributed by atoms with Gasteiger partial charge in [-0.15, -0.1) is 0 Å². The maximum Gasteiger partial charge on any atom is 0.146 e. The molecular weight excluding hydrogens is 178 g/mol. The first kappa shape index (κ1) is 10.8. The van der Waals surface area contributed by atoms with Crippen LogP contribution in [0.4, 0.5) is 11.5 Å². The molecule has 78 valence electrons. The van der Waals surface area contributed by atoms with Crippen molar-refractivity contribution in [1.82, 2.24) is 4.98 Å². The maximum atomic E-state index is 5.85. The van der Waals surface area contributed by atoms with Crippen molar-refractivity contribution < 1.29 is 4.74 Å². The largest absolute Gasteiger partial charge is 0.396 e. The van der Waals surface area contributed by atoms with Crippen LogP contribution in [0.3, 0.4) is 0 Å². The van der Waals surface area contributed by atoms with E-state index in [1.165, 1.54) is 0 Å². The Hall–Kier alpha value is -1.29. The Morgan fingerprint density at radius 3 is 2.79 bits per heavy atom. The lowest BCUT2D eigenvalue weighted by Crippen LogP contribution is -2.10. The van der Waals surface area contributed by atoms with Gasteiger partial charge in [-0.05, 0) is 18.1 Å². The monoisotopic (exact) mass is 195 g/mol. The van der Waals surface area contributed by atoms with Gasteiger partial charge in [0.1, 0.15) is 5.82 Å². The van der Waals surface area contributed by atoms with E-state index in [4.69, 9.17) is 16.2 Å². The van der Waals surface area contributed by atoms with E-state index in [1.54, 1.807) is 13.3 Å². The summed E-state index contributed by atoms with van der Waals surface area (Å²) in [5.41, 5.74) is 13.1. The molecule has 4 heteroatoms. The minimum absolute atomic E-state index is 0.297. The highest BCUT2D eigenvalue weighted by atomic mass is 16.5. The summed E-state index contributed by atoms with van der Waals surface area (Å²) in [6.07, 6.45) is 2.65. The van der Waals surface area contributed by atoms with Crippen molar-refractivity contribution in [3.63, 3.8) is 0 Å². The summed E-state index contributed by atoms with van der Waals surface area (Å²) < 4.78 is 5.13. The molecule has 0 aliphatic carbocycles. The second-order valence-corrected chi connectivity index (χ2v) is 3.26. The van der Waals surface area contributed by atoms with Gasteiger partial charge in [0.05, 0.1) is 12.3 Å². The van der Waals surface area contributed by atoms with Gasteiger partial charge >= 0.3 is 0 Å². The van der Waals surface area contributed by atoms with Gasteiger partial charge in [0.15, 0.2) is 0 Å². The highest BCUT2D eigenvalue weighted by Gasteiger charge is 2.13. The maximum absolute atomic E-state index is 5.85. The van der Waals surface area contributed by atoms with Crippen LogP contribution in [-0.2, 0) is 4.74 Å². The first-order valence-electron chi connectivity index (χ1n) is 4.69. The molecule has 1 atom stereocenters. The topological polar surface area (TPSA) is 74.2 Å². The van der Waals surface area contributed by atoms with E-state index in [1.807, 2.05) is 6.07 Å². The van der Waals surface area contributed by atoms with E-state index in [0.29, 0.717) is 24.0 Å². The first-order chi connectivity index (χ1) is 6.70. The molecule has 4 N–H and O–H groups in total. The summed E-state index contributed by atoms with van der Waals surface area (Å²) >= 11 is 0. The minimum Gasteiger partial charge on any atom is -0.396 e. The van der Waals surface area contributed by atoms with Gasteiger partial charge in [-0.2, -0.15) is 0 Å². The fourth-order valence-electron chi connectivity index (χ4n) is 1.49. The Bertz CT molecular complexity index is 301. The molecule has 0 fully saturated rings. The Labute approximate surface area is 84.3 Å². The molecule has 1 heterocycles. The number of nitrogens with zero attached hydrogens (tertiary/aromatic N) is 1. The summed E-state index contributed by atoms with van der Waals surface area (Å²) in [4.78, 5) is 3.93. The quantitative estimate of drug-likeness (QED) is 0.761. The fraction of sp³-hybridized carbons (Fsp3) is 0.500. The van der Waals surface area contributed by atoms with Crippen molar-refractivity contribution in [2.75, 3.05) is 25.2 Å². The molecule has 0 radical (unpaired) electrons. The van der Waals surface area contributed by atoms with Crippen LogP contribution in [-0.4, -0.2) is 18.7 Å². The molecule has 0 aromatic carbocycles. The number of anilines is 2. The van der Waals surface area contributed by atoms with Crippen LogP contribution >= 0.6 is 0 Å². The van der Waals surface area contributed by atoms with Crippen LogP contribution in [0.25, 0.3) is 0 Å². The number of nitrogen functional groups attached to an aromatic ring is 2. The van der Waals surface area contributed by atoms with Crippen LogP contribution in [0.15, 0.2) is 12.3 Å². The van der Waals surface area contributed by atoms with Crippen LogP contribution in [0.1, 0.15) is 24.8 Å². The molecule has 0 bridgehead atoms. The van der Waals surface area contributed by atoms with E-state index in [2.05, 4.69) is 11.9 Å². The molecule has 0 saturated heterocycles. The van der Waals surface area contributed by atoms with Gasteiger partial charge in [-0.1, -0.05) is 6.92 Å². The minimum atomic E-state index is 0.297. The Kier molecular flexibility index (Phi) is 3.71. The third kappa shape index (κ3) is 2.14. The molecule has 1 unspecified atom stereocenters. The number of nitrogens with two attached hydrogens (primary N) is 2. The van der Waals surface area contributed by atoms with Crippen molar-refractivity contribution in [1.29, 1.82) is 0 Å². The standard InChI is InChI=1S/C10H17N3O/c1-3-7(6-14-2)8-4-5-13-10(12)9(8)11/h4-5,7H,3,6,11H2,1-2H3,(H2,12,13). The van der Waals surface area contributed by atoms with Crippen LogP contribution < -0.4 is 11.5 Å². The number of hydrogen-bond acceptors (Lipinski definition) is 4. The normalized spacial score (nSPS) is 12.7. The third-order valence-electron chi connectivity index (χ3n) is 2.36. The zero-order valence-electron chi connectivity index (χ0n) is 8.66. The number of pyridine rings is 1. The molecule has 0 amide bonds. The van der Waals surface area contributed by atoms with Gasteiger partial charge in [0, 0.05) is 19.2 Å². The Balaban J connectivity index is 2.97. The fourth-order valence-corrected chi connectivity index (χ4v) is 1.49. The van der Waals surface area contributed by atoms with Gasteiger partial charge in [0.25, 0.3) is 0 Å². The average Bonchev–Trinajstić information content (AvgIpc) is 2.19. The van der Waals surface area contributed by atoms with Crippen molar-refractivity contribution in [3.05, 3.63) is 17.8 Å². The van der Waals surface area contributed by atoms with Crippen molar-refractivity contribution >= 4 is 11.5 Å². The van der Waals surface area contributed by atoms with Gasteiger partial charge in [-0.25, -0.2) is 4.98 Å². The lowest BCUT2D eigenvalue weighted by molar-refractivity contribution is 0.178. The molecule has 0 aliphatic heterocycles. The smallest absolute Gasteiger partial charge is 0.146 e. The number of hydrogen-bond donors (Lipinski definition) is 2. The molecule has 1 aromatic heterocycles. The summed E-state index contributed by atoms with van der Waals surface area (Å²) in [6, 6.07) is 1.90. The summed E-state index contributed by atoms with van der Waals surface area (Å²) in [6.45, 7) is 2.75. The van der Waals surface area contributed by atoms with Crippen LogP contribution in [0.5, 0.6) is 0 Å². The molecule has 14 heavy (non-hydrogen) atoms. The average molecular weight is 195 g/mol. The number of ether oxygens (including phenoxy) is 1. The summed E-state index contributed by atoms with van der Waals surface area (Å²) in [7, 11) is 1.68. The molecule has 1 aromatic rings. The molecular formula is C10H17N3O. The lowest BCUT2D eigenvalue weighted by atomic mass is 9.97. The van der Waals surface area contributed by atoms with Gasteiger partial charge < -0.3 is 16.2 Å². The van der Waals surface area contributed by atoms with Crippen LogP contribution in [0, 0.1) is 0 Å². The van der Waals surface area contributed by atoms with Crippen molar-refractivity contribution in [2.24, 2.45) is 0 Å².